The highest BCUT2D eigenvalue weighted by Crippen LogP contribution is 2.45. The van der Waals surface area contributed by atoms with E-state index in [0.29, 0.717) is 20.9 Å². The zero-order chi connectivity index (χ0) is 13.5. The molecular weight excluding hydrogens is 300 g/mol. The van der Waals surface area contributed by atoms with E-state index in [1.807, 2.05) is 11.0 Å². The van der Waals surface area contributed by atoms with Crippen molar-refractivity contribution >= 4 is 45.7 Å². The Kier molecular flexibility index (Phi) is 3.73. The molecule has 0 amide bonds. The van der Waals surface area contributed by atoms with Crippen molar-refractivity contribution in [2.24, 2.45) is 5.92 Å². The second-order valence-electron chi connectivity index (χ2n) is 5.08. The average Bonchev–Trinajstić information content (AvgIpc) is 3.01. The van der Waals surface area contributed by atoms with Gasteiger partial charge in [0.15, 0.2) is 5.72 Å². The Labute approximate surface area is 127 Å². The van der Waals surface area contributed by atoms with Gasteiger partial charge in [0.1, 0.15) is 10.1 Å². The molecule has 1 atom stereocenters. The summed E-state index contributed by atoms with van der Waals surface area (Å²) >= 11 is 12.8. The number of hydrogen-bond donors (Lipinski definition) is 1. The minimum absolute atomic E-state index is 0.276. The van der Waals surface area contributed by atoms with E-state index in [9.17, 15) is 5.11 Å². The Bertz CT molecular complexity index is 490. The van der Waals surface area contributed by atoms with Crippen LogP contribution in [0.3, 0.4) is 0 Å². The van der Waals surface area contributed by atoms with Crippen molar-refractivity contribution in [3.05, 3.63) is 23.4 Å². The molecule has 1 aromatic rings. The maximum atomic E-state index is 11.1. The Morgan fingerprint density at radius 3 is 2.79 bits per heavy atom. The molecule has 6 heteroatoms. The lowest BCUT2D eigenvalue weighted by Gasteiger charge is -2.37. The van der Waals surface area contributed by atoms with Crippen molar-refractivity contribution in [1.29, 1.82) is 0 Å². The van der Waals surface area contributed by atoms with Gasteiger partial charge in [0.25, 0.3) is 0 Å². The molecule has 1 saturated carbocycles. The Balaban J connectivity index is 1.95. The van der Waals surface area contributed by atoms with Gasteiger partial charge in [-0.25, -0.2) is 4.98 Å². The highest BCUT2D eigenvalue weighted by Gasteiger charge is 2.50. The second kappa shape index (κ2) is 5.20. The van der Waals surface area contributed by atoms with Gasteiger partial charge in [0.05, 0.1) is 5.02 Å². The minimum Gasteiger partial charge on any atom is -0.369 e. The summed E-state index contributed by atoms with van der Waals surface area (Å²) in [6, 6.07) is 3.60. The normalized spacial score (nSPS) is 28.3. The van der Waals surface area contributed by atoms with Crippen LogP contribution >= 0.6 is 35.6 Å². The number of aliphatic hydroxyl groups is 1. The number of hydrogen-bond acceptors (Lipinski definition) is 4. The molecule has 102 valence electrons. The fraction of sp³-hybridized carbons (Fsp3) is 0.538. The number of thioether (sulfide) groups is 1. The lowest BCUT2D eigenvalue weighted by Crippen LogP contribution is -2.52. The van der Waals surface area contributed by atoms with Crippen LogP contribution in [0.2, 0.25) is 5.02 Å². The molecule has 0 spiro atoms. The molecule has 0 bridgehead atoms. The Hall–Kier alpha value is -0.360. The summed E-state index contributed by atoms with van der Waals surface area (Å²) in [4.78, 5) is 6.13. The summed E-state index contributed by atoms with van der Waals surface area (Å²) in [6.07, 6.45) is 6.09. The summed E-state index contributed by atoms with van der Waals surface area (Å²) in [7, 11) is 0. The molecule has 2 fully saturated rings. The predicted molar refractivity (Wildman–Crippen MR) is 83.7 cm³/mol. The van der Waals surface area contributed by atoms with E-state index in [4.69, 9.17) is 23.8 Å². The molecule has 19 heavy (non-hydrogen) atoms. The molecule has 2 aliphatic rings. The first kappa shape index (κ1) is 13.6. The first-order valence-corrected chi connectivity index (χ1v) is 8.19. The van der Waals surface area contributed by atoms with Crippen LogP contribution in [0.5, 0.6) is 0 Å². The highest BCUT2D eigenvalue weighted by atomic mass is 35.5. The van der Waals surface area contributed by atoms with Crippen LogP contribution < -0.4 is 4.90 Å². The van der Waals surface area contributed by atoms with Crippen LogP contribution in [0.15, 0.2) is 18.3 Å². The van der Waals surface area contributed by atoms with Gasteiger partial charge in [0.2, 0.25) is 0 Å². The van der Waals surface area contributed by atoms with E-state index in [-0.39, 0.29) is 5.92 Å². The number of nitrogens with zero attached hydrogens (tertiary/aromatic N) is 2. The van der Waals surface area contributed by atoms with Crippen molar-refractivity contribution in [1.82, 2.24) is 4.98 Å². The lowest BCUT2D eigenvalue weighted by atomic mass is 9.94. The third-order valence-electron chi connectivity index (χ3n) is 3.93. The molecule has 3 rings (SSSR count). The average molecular weight is 315 g/mol. The number of aromatic nitrogens is 1. The number of halogens is 1. The quantitative estimate of drug-likeness (QED) is 0.846. The van der Waals surface area contributed by atoms with Gasteiger partial charge >= 0.3 is 0 Å². The Morgan fingerprint density at radius 2 is 2.16 bits per heavy atom. The van der Waals surface area contributed by atoms with E-state index in [1.54, 1.807) is 12.3 Å². The zero-order valence-corrected chi connectivity index (χ0v) is 12.8. The summed E-state index contributed by atoms with van der Waals surface area (Å²) < 4.78 is 0.698. The van der Waals surface area contributed by atoms with Gasteiger partial charge < -0.3 is 5.11 Å². The van der Waals surface area contributed by atoms with Crippen molar-refractivity contribution < 1.29 is 5.11 Å². The molecule has 2 heterocycles. The lowest BCUT2D eigenvalue weighted by molar-refractivity contribution is 0.0187. The molecular formula is C13H15ClN2OS2. The third-order valence-corrected chi connectivity index (χ3v) is 5.69. The predicted octanol–water partition coefficient (Wildman–Crippen LogP) is 3.45. The van der Waals surface area contributed by atoms with Gasteiger partial charge in [0, 0.05) is 17.9 Å². The van der Waals surface area contributed by atoms with Crippen LogP contribution in [0, 0.1) is 5.92 Å². The smallest absolute Gasteiger partial charge is 0.156 e. The monoisotopic (exact) mass is 314 g/mol. The van der Waals surface area contributed by atoms with Crippen LogP contribution in [-0.2, 0) is 0 Å². The molecule has 1 unspecified atom stereocenters. The fourth-order valence-electron chi connectivity index (χ4n) is 2.94. The van der Waals surface area contributed by atoms with Crippen LogP contribution in [-0.4, -0.2) is 25.9 Å². The molecule has 1 aromatic heterocycles. The summed E-state index contributed by atoms with van der Waals surface area (Å²) in [5, 5.41) is 11.7. The number of anilines is 1. The number of pyridine rings is 1. The van der Waals surface area contributed by atoms with E-state index >= 15 is 0 Å². The van der Waals surface area contributed by atoms with Crippen molar-refractivity contribution in [3.63, 3.8) is 0 Å². The number of rotatable bonds is 2. The molecule has 0 radical (unpaired) electrons. The molecule has 1 N–H and O–H groups in total. The highest BCUT2D eigenvalue weighted by molar-refractivity contribution is 8.23. The molecule has 1 aliphatic heterocycles. The van der Waals surface area contributed by atoms with Gasteiger partial charge in [-0.15, -0.1) is 0 Å². The van der Waals surface area contributed by atoms with Crippen LogP contribution in [0.25, 0.3) is 0 Å². The summed E-state index contributed by atoms with van der Waals surface area (Å²) in [5.41, 5.74) is -0.890. The van der Waals surface area contributed by atoms with Crippen molar-refractivity contribution in [2.45, 2.75) is 31.4 Å². The number of thiocarbonyl (C=S) groups is 1. The summed E-state index contributed by atoms with van der Waals surface area (Å²) in [6.45, 7) is 0. The second-order valence-corrected chi connectivity index (χ2v) is 7.13. The largest absolute Gasteiger partial charge is 0.369 e. The third kappa shape index (κ3) is 2.37. The standard InChI is InChI=1S/C13H15ClN2OS2/c14-10-5-6-11(15-7-10)16-12(18)19-8-13(16,17)9-3-1-2-4-9/h5-7,9,17H,1-4,8H2. The van der Waals surface area contributed by atoms with E-state index in [1.165, 1.54) is 24.6 Å². The fourth-order valence-corrected chi connectivity index (χ4v) is 4.56. The topological polar surface area (TPSA) is 36.4 Å². The Morgan fingerprint density at radius 1 is 1.42 bits per heavy atom. The molecule has 1 aliphatic carbocycles. The van der Waals surface area contributed by atoms with Gasteiger partial charge in [-0.1, -0.05) is 48.4 Å². The zero-order valence-electron chi connectivity index (χ0n) is 10.4. The minimum atomic E-state index is -0.890. The van der Waals surface area contributed by atoms with Gasteiger partial charge in [-0.2, -0.15) is 0 Å². The van der Waals surface area contributed by atoms with Gasteiger partial charge in [-0.3, -0.25) is 4.90 Å². The van der Waals surface area contributed by atoms with Crippen molar-refractivity contribution in [3.8, 4) is 0 Å². The maximum Gasteiger partial charge on any atom is 0.156 e. The first-order chi connectivity index (χ1) is 9.11. The first-order valence-electron chi connectivity index (χ1n) is 6.42. The van der Waals surface area contributed by atoms with Crippen LogP contribution in [0.4, 0.5) is 5.82 Å². The van der Waals surface area contributed by atoms with Gasteiger partial charge in [-0.05, 0) is 25.0 Å². The van der Waals surface area contributed by atoms with E-state index in [2.05, 4.69) is 4.98 Å². The van der Waals surface area contributed by atoms with Crippen molar-refractivity contribution in [2.75, 3.05) is 10.7 Å². The molecule has 0 aromatic carbocycles. The van der Waals surface area contributed by atoms with E-state index < -0.39 is 5.72 Å². The molecule has 1 saturated heterocycles. The molecule has 3 nitrogen and oxygen atoms in total. The van der Waals surface area contributed by atoms with Crippen LogP contribution in [0.1, 0.15) is 25.7 Å². The van der Waals surface area contributed by atoms with E-state index in [0.717, 1.165) is 12.8 Å². The summed E-state index contributed by atoms with van der Waals surface area (Å²) in [5.74, 6) is 1.59. The maximum absolute atomic E-state index is 11.1. The SMILES string of the molecule is OC1(C2CCCC2)CSC(=S)N1c1ccc(Cl)cn1.